The fraction of sp³-hybridized carbons (Fsp3) is 0.611. The van der Waals surface area contributed by atoms with Gasteiger partial charge in [-0.05, 0) is 69.6 Å². The molecule has 1 aromatic heterocycles. The van der Waals surface area contributed by atoms with Gasteiger partial charge in [-0.1, -0.05) is 0 Å². The summed E-state index contributed by atoms with van der Waals surface area (Å²) in [6.07, 6.45) is -0.325. The molecule has 1 aliphatic rings. The summed E-state index contributed by atoms with van der Waals surface area (Å²) in [6.45, 7) is 12.0. The smallest absolute Gasteiger partial charge is 0.410 e. The number of hydrogen-bond donors (Lipinski definition) is 1. The summed E-state index contributed by atoms with van der Waals surface area (Å²) >= 11 is 3.33. The van der Waals surface area contributed by atoms with Gasteiger partial charge >= 0.3 is 12.1 Å². The number of anilines is 1. The number of carbonyl (C=O) groups excluding carboxylic acids is 2. The lowest BCUT2D eigenvalue weighted by Gasteiger charge is -2.40. The first-order chi connectivity index (χ1) is 11.8. The van der Waals surface area contributed by atoms with E-state index in [0.29, 0.717) is 23.4 Å². The highest BCUT2D eigenvalue weighted by atomic mass is 79.9. The van der Waals surface area contributed by atoms with Gasteiger partial charge in [0.05, 0.1) is 10.5 Å². The zero-order valence-corrected chi connectivity index (χ0v) is 17.6. The molecule has 26 heavy (non-hydrogen) atoms. The fourth-order valence-corrected chi connectivity index (χ4v) is 2.63. The molecule has 0 unspecified atom stereocenters. The van der Waals surface area contributed by atoms with Crippen LogP contribution in [0.15, 0.2) is 16.6 Å². The molecule has 8 heteroatoms. The summed E-state index contributed by atoms with van der Waals surface area (Å²) in [5.74, 6) is 0.0694. The van der Waals surface area contributed by atoms with Crippen molar-refractivity contribution in [1.82, 2.24) is 9.88 Å². The number of halogens is 1. The number of aromatic nitrogens is 1. The van der Waals surface area contributed by atoms with E-state index >= 15 is 0 Å². The van der Waals surface area contributed by atoms with E-state index in [1.807, 2.05) is 20.8 Å². The molecule has 1 aromatic rings. The van der Waals surface area contributed by atoms with Gasteiger partial charge in [0.15, 0.2) is 5.69 Å². The molecule has 0 radical (unpaired) electrons. The number of hydrogen-bond acceptors (Lipinski definition) is 6. The summed E-state index contributed by atoms with van der Waals surface area (Å²) in [5.41, 5.74) is -0.887. The molecule has 1 fully saturated rings. The Kier molecular flexibility index (Phi) is 5.85. The highest BCUT2D eigenvalue weighted by Gasteiger charge is 2.34. The van der Waals surface area contributed by atoms with Crippen LogP contribution in [0.1, 0.15) is 52.0 Å². The Balaban J connectivity index is 1.95. The summed E-state index contributed by atoms with van der Waals surface area (Å²) in [5, 5.41) is 3.22. The molecule has 0 spiro atoms. The van der Waals surface area contributed by atoms with Crippen molar-refractivity contribution in [3.63, 3.8) is 0 Å². The van der Waals surface area contributed by atoms with E-state index in [1.165, 1.54) is 0 Å². The first-order valence-electron chi connectivity index (χ1n) is 8.48. The molecule has 0 atom stereocenters. The predicted molar refractivity (Wildman–Crippen MR) is 102 cm³/mol. The predicted octanol–water partition coefficient (Wildman–Crippen LogP) is 3.83. The van der Waals surface area contributed by atoms with Gasteiger partial charge in [0.1, 0.15) is 17.0 Å². The third-order valence-corrected chi connectivity index (χ3v) is 3.96. The van der Waals surface area contributed by atoms with E-state index in [-0.39, 0.29) is 17.8 Å². The molecule has 0 saturated carbocycles. The van der Waals surface area contributed by atoms with Gasteiger partial charge in [-0.3, -0.25) is 0 Å². The van der Waals surface area contributed by atoms with Crippen LogP contribution in [-0.2, 0) is 9.47 Å². The van der Waals surface area contributed by atoms with Crippen molar-refractivity contribution in [3.8, 4) is 0 Å². The van der Waals surface area contributed by atoms with Gasteiger partial charge < -0.3 is 19.7 Å². The number of amides is 1. The Morgan fingerprint density at radius 2 is 1.69 bits per heavy atom. The standard InChI is InChI=1S/C18H26BrN3O4/c1-17(2,3)25-15(23)14-12(19)7-8-13(21-14)20-11-9-22(10-11)16(24)26-18(4,5)6/h7-8,11H,9-10H2,1-6H3,(H,20,21). The Bertz CT molecular complexity index is 689. The van der Waals surface area contributed by atoms with E-state index in [9.17, 15) is 9.59 Å². The molecular formula is C18H26BrN3O4. The molecule has 0 aromatic carbocycles. The Morgan fingerprint density at radius 3 is 2.23 bits per heavy atom. The van der Waals surface area contributed by atoms with E-state index in [0.717, 1.165) is 0 Å². The quantitative estimate of drug-likeness (QED) is 0.738. The van der Waals surface area contributed by atoms with Crippen molar-refractivity contribution < 1.29 is 19.1 Å². The number of rotatable bonds is 3. The van der Waals surface area contributed by atoms with E-state index in [2.05, 4.69) is 26.2 Å². The molecule has 144 valence electrons. The monoisotopic (exact) mass is 427 g/mol. The van der Waals surface area contributed by atoms with E-state index < -0.39 is 17.2 Å². The summed E-state index contributed by atoms with van der Waals surface area (Å²) in [4.78, 5) is 30.2. The van der Waals surface area contributed by atoms with Crippen LogP contribution in [0.5, 0.6) is 0 Å². The SMILES string of the molecule is CC(C)(C)OC(=O)c1nc(NC2CN(C(=O)OC(C)(C)C)C2)ccc1Br. The van der Waals surface area contributed by atoms with Gasteiger partial charge in [0.2, 0.25) is 0 Å². The summed E-state index contributed by atoms with van der Waals surface area (Å²) < 4.78 is 11.3. The molecule has 2 heterocycles. The number of likely N-dealkylation sites (tertiary alicyclic amines) is 1. The molecule has 7 nitrogen and oxygen atoms in total. The normalized spacial score (nSPS) is 15.3. The molecule has 1 N–H and O–H groups in total. The topological polar surface area (TPSA) is 80.8 Å². The van der Waals surface area contributed by atoms with Crippen LogP contribution in [0.25, 0.3) is 0 Å². The molecule has 0 bridgehead atoms. The minimum Gasteiger partial charge on any atom is -0.455 e. The first kappa shape index (κ1) is 20.5. The van der Waals surface area contributed by atoms with Crippen LogP contribution in [-0.4, -0.2) is 52.3 Å². The molecule has 1 amide bonds. The highest BCUT2D eigenvalue weighted by molar-refractivity contribution is 9.10. The van der Waals surface area contributed by atoms with Crippen molar-refractivity contribution in [2.24, 2.45) is 0 Å². The van der Waals surface area contributed by atoms with Crippen LogP contribution in [0, 0.1) is 0 Å². The van der Waals surface area contributed by atoms with Crippen molar-refractivity contribution >= 4 is 33.8 Å². The van der Waals surface area contributed by atoms with Crippen molar-refractivity contribution in [3.05, 3.63) is 22.3 Å². The first-order valence-corrected chi connectivity index (χ1v) is 9.28. The fourth-order valence-electron chi connectivity index (χ4n) is 2.25. The zero-order valence-electron chi connectivity index (χ0n) is 16.1. The lowest BCUT2D eigenvalue weighted by atomic mass is 10.1. The number of carbonyl (C=O) groups is 2. The number of pyridine rings is 1. The van der Waals surface area contributed by atoms with Crippen LogP contribution < -0.4 is 5.32 Å². The van der Waals surface area contributed by atoms with Crippen molar-refractivity contribution in [2.75, 3.05) is 18.4 Å². The Labute approximate surface area is 162 Å². The van der Waals surface area contributed by atoms with Gasteiger partial charge in [-0.25, -0.2) is 14.6 Å². The highest BCUT2D eigenvalue weighted by Crippen LogP contribution is 2.23. The molecular weight excluding hydrogens is 402 g/mol. The number of ether oxygens (including phenoxy) is 2. The third-order valence-electron chi connectivity index (χ3n) is 3.32. The summed E-state index contributed by atoms with van der Waals surface area (Å²) in [6, 6.07) is 3.58. The second kappa shape index (κ2) is 7.42. The van der Waals surface area contributed by atoms with Crippen LogP contribution in [0.3, 0.4) is 0 Å². The van der Waals surface area contributed by atoms with Crippen molar-refractivity contribution in [1.29, 1.82) is 0 Å². The maximum absolute atomic E-state index is 12.3. The van der Waals surface area contributed by atoms with Gasteiger partial charge in [0.25, 0.3) is 0 Å². The lowest BCUT2D eigenvalue weighted by molar-refractivity contribution is 0.00606. The average molecular weight is 428 g/mol. The van der Waals surface area contributed by atoms with Gasteiger partial charge in [-0.2, -0.15) is 0 Å². The third kappa shape index (κ3) is 5.86. The van der Waals surface area contributed by atoms with Gasteiger partial charge in [0, 0.05) is 13.1 Å². The molecule has 1 aliphatic heterocycles. The average Bonchev–Trinajstić information content (AvgIpc) is 2.39. The second-order valence-electron chi connectivity index (χ2n) is 8.26. The number of nitrogens with zero attached hydrogens (tertiary/aromatic N) is 2. The largest absolute Gasteiger partial charge is 0.455 e. The minimum absolute atomic E-state index is 0.0580. The van der Waals surface area contributed by atoms with Gasteiger partial charge in [-0.15, -0.1) is 0 Å². The second-order valence-corrected chi connectivity index (χ2v) is 9.11. The van der Waals surface area contributed by atoms with Crippen LogP contribution >= 0.6 is 15.9 Å². The number of esters is 1. The van der Waals surface area contributed by atoms with Crippen LogP contribution in [0.2, 0.25) is 0 Å². The maximum Gasteiger partial charge on any atom is 0.410 e. The minimum atomic E-state index is -0.594. The van der Waals surface area contributed by atoms with E-state index in [1.54, 1.807) is 37.8 Å². The Morgan fingerprint density at radius 1 is 1.12 bits per heavy atom. The molecule has 1 saturated heterocycles. The van der Waals surface area contributed by atoms with Crippen molar-refractivity contribution in [2.45, 2.75) is 58.8 Å². The van der Waals surface area contributed by atoms with Crippen LogP contribution in [0.4, 0.5) is 10.6 Å². The zero-order chi connectivity index (χ0) is 19.7. The lowest BCUT2D eigenvalue weighted by Crippen LogP contribution is -2.58. The molecule has 0 aliphatic carbocycles. The van der Waals surface area contributed by atoms with E-state index in [4.69, 9.17) is 9.47 Å². The Hall–Kier alpha value is -1.83. The maximum atomic E-state index is 12.3. The summed E-state index contributed by atoms with van der Waals surface area (Å²) in [7, 11) is 0. The number of nitrogens with one attached hydrogen (secondary N) is 1. The molecule has 2 rings (SSSR count).